The van der Waals surface area contributed by atoms with Gasteiger partial charge in [0.1, 0.15) is 0 Å². The number of hydrogen-bond acceptors (Lipinski definition) is 3. The van der Waals surface area contributed by atoms with E-state index in [9.17, 15) is 1.37 Å². The molecule has 0 aliphatic heterocycles. The third-order valence-electron chi connectivity index (χ3n) is 12.8. The van der Waals surface area contributed by atoms with Gasteiger partial charge >= 0.3 is 0 Å². The fourth-order valence-corrected chi connectivity index (χ4v) is 11.3. The number of hydrogen-bond donors (Lipinski definition) is 0. The first-order chi connectivity index (χ1) is 32.6. The van der Waals surface area contributed by atoms with Crippen molar-refractivity contribution in [2.24, 2.45) is 0 Å². The molecule has 3 aromatic heterocycles. The van der Waals surface area contributed by atoms with Crippen LogP contribution < -0.4 is 5.19 Å². The first-order valence-electron chi connectivity index (χ1n) is 25.0. The van der Waals surface area contributed by atoms with Crippen LogP contribution in [0.2, 0.25) is 19.6 Å². The summed E-state index contributed by atoms with van der Waals surface area (Å²) in [6.45, 7) is 22.5. The number of aromatic nitrogens is 3. The van der Waals surface area contributed by atoms with Gasteiger partial charge in [0.25, 0.3) is 0 Å². The second-order valence-corrected chi connectivity index (χ2v) is 25.8. The van der Waals surface area contributed by atoms with Gasteiger partial charge in [0.05, 0.1) is 24.9 Å². The minimum absolute atomic E-state index is 0. The van der Waals surface area contributed by atoms with Crippen LogP contribution >= 0.6 is 11.3 Å². The Bertz CT molecular complexity index is 3450. The molecule has 0 aliphatic carbocycles. The van der Waals surface area contributed by atoms with Crippen LogP contribution in [0.15, 0.2) is 128 Å². The number of rotatable bonds is 8. The van der Waals surface area contributed by atoms with Crippen LogP contribution in [0.25, 0.3) is 81.1 Å². The molecule has 0 spiro atoms. The summed E-state index contributed by atoms with van der Waals surface area (Å²) in [5, 5.41) is 8.64. The van der Waals surface area contributed by atoms with Gasteiger partial charge in [0.2, 0.25) is 0 Å². The van der Waals surface area contributed by atoms with Gasteiger partial charge in [-0.2, -0.15) is 11.3 Å². The first kappa shape index (κ1) is 42.1. The molecule has 0 aliphatic rings. The van der Waals surface area contributed by atoms with Crippen LogP contribution in [-0.4, -0.2) is 22.6 Å². The van der Waals surface area contributed by atoms with E-state index in [4.69, 9.17) is 9.10 Å². The van der Waals surface area contributed by atoms with Gasteiger partial charge in [-0.25, -0.2) is 0 Å². The number of fused-ring (bicyclic) bond motifs is 7. The summed E-state index contributed by atoms with van der Waals surface area (Å²) in [6.07, 6.45) is 1.92. The largest absolute Gasteiger partial charge is 0.333 e. The summed E-state index contributed by atoms with van der Waals surface area (Å²) in [7, 11) is -1.34. The second-order valence-electron chi connectivity index (χ2n) is 19.7. The van der Waals surface area contributed by atoms with Crippen molar-refractivity contribution in [3.63, 3.8) is 0 Å². The normalized spacial score (nSPS) is 13.3. The van der Waals surface area contributed by atoms with E-state index in [1.54, 1.807) is 12.1 Å². The molecular formula is C60H61IrN3SSi-2. The Labute approximate surface area is 416 Å². The maximum absolute atomic E-state index is 9.25. The molecule has 0 unspecified atom stereocenters. The number of pyridine rings is 1. The van der Waals surface area contributed by atoms with Crippen LogP contribution in [0.3, 0.4) is 0 Å². The van der Waals surface area contributed by atoms with Crippen molar-refractivity contribution < 1.29 is 25.6 Å². The molecule has 0 N–H and O–H groups in total. The van der Waals surface area contributed by atoms with E-state index in [1.165, 1.54) is 65.3 Å². The van der Waals surface area contributed by atoms with E-state index in [1.807, 2.05) is 37.4 Å². The van der Waals surface area contributed by atoms with Crippen molar-refractivity contribution in [2.75, 3.05) is 0 Å². The molecule has 3 nitrogen and oxygen atoms in total. The average Bonchev–Trinajstić information content (AvgIpc) is 3.88. The van der Waals surface area contributed by atoms with E-state index in [0.29, 0.717) is 23.3 Å². The Morgan fingerprint density at radius 3 is 2.03 bits per heavy atom. The summed E-state index contributed by atoms with van der Waals surface area (Å²) in [5.41, 5.74) is 11.3. The second kappa shape index (κ2) is 18.8. The Morgan fingerprint density at radius 2 is 1.39 bits per heavy atom. The summed E-state index contributed by atoms with van der Waals surface area (Å²) in [4.78, 5) is 9.89. The Hall–Kier alpha value is -5.23. The van der Waals surface area contributed by atoms with E-state index in [0.717, 1.165) is 49.3 Å². The summed E-state index contributed by atoms with van der Waals surface area (Å²) in [5.74, 6) is 1.18. The predicted octanol–water partition coefficient (Wildman–Crippen LogP) is 17.1. The number of aryl methyl sites for hydroxylation is 1. The fourth-order valence-electron chi connectivity index (χ4n) is 9.06. The Morgan fingerprint density at radius 1 is 0.682 bits per heavy atom. The van der Waals surface area contributed by atoms with Gasteiger partial charge in [-0.3, -0.25) is 4.98 Å². The van der Waals surface area contributed by atoms with Crippen LogP contribution in [0.4, 0.5) is 0 Å². The molecule has 0 amide bonds. The predicted molar refractivity (Wildman–Crippen MR) is 286 cm³/mol. The average molecular weight is 1080 g/mol. The minimum atomic E-state index is -2.08. The number of para-hydroxylation sites is 2. The molecular weight excluding hydrogens is 1020 g/mol. The quantitative estimate of drug-likeness (QED) is 0.0862. The third-order valence-corrected chi connectivity index (χ3v) is 16.0. The van der Waals surface area contributed by atoms with Gasteiger partial charge in [-0.05, 0) is 101 Å². The van der Waals surface area contributed by atoms with Gasteiger partial charge in [-0.1, -0.05) is 172 Å². The summed E-state index contributed by atoms with van der Waals surface area (Å²) in [6, 6.07) is 49.0. The van der Waals surface area contributed by atoms with E-state index in [2.05, 4.69) is 180 Å². The van der Waals surface area contributed by atoms with Crippen molar-refractivity contribution in [2.45, 2.75) is 106 Å². The smallest absolute Gasteiger partial charge is 0.0795 e. The van der Waals surface area contributed by atoms with Crippen molar-refractivity contribution >= 4 is 77.3 Å². The van der Waals surface area contributed by atoms with Crippen LogP contribution in [0, 0.1) is 19.0 Å². The molecule has 66 heavy (non-hydrogen) atoms. The molecule has 7 aromatic carbocycles. The first-order valence-corrected chi connectivity index (χ1v) is 27.3. The van der Waals surface area contributed by atoms with Gasteiger partial charge in [-0.15, -0.1) is 53.1 Å². The Kier molecular flexibility index (Phi) is 12.0. The molecule has 0 atom stereocenters. The minimum Gasteiger partial charge on any atom is -0.333 e. The van der Waals surface area contributed by atoms with E-state index >= 15 is 0 Å². The fraction of sp³-hybridized carbons (Fsp3) is 0.267. The van der Waals surface area contributed by atoms with Crippen molar-refractivity contribution in [1.29, 1.82) is 0 Å². The topological polar surface area (TPSA) is 30.7 Å². The third kappa shape index (κ3) is 8.86. The molecule has 1 radical (unpaired) electrons. The monoisotopic (exact) mass is 1080 g/mol. The Balaban J connectivity index is 0.000000264. The van der Waals surface area contributed by atoms with Gasteiger partial charge in [0.15, 0.2) is 0 Å². The standard InChI is InChI=1S/C45H43N2S.C15H18NSi.Ir/c1-25(2)31-22-35(27(5)6)43(36(23-31)28(7)8)47-40-16-12-11-15-39(40)46-45(47)34-20-19-32(26(3)4)42-38-21-30-18-17-29-13-9-10-14-33(29)37(30)24-41(38)48-44(34)42;1-12-5-7-13(8-6-12)15-10-9-14(11-16-15)17(2,3)4;/h9-19,21-28H,1-8H3;5-7,9-11H,1-4H3;/q2*-1;/i26D;1D3;. The molecule has 10 rings (SSSR count). The zero-order valence-electron chi connectivity index (χ0n) is 43.9. The zero-order valence-corrected chi connectivity index (χ0v) is 44.2. The number of nitrogens with zero attached hydrogens (tertiary/aromatic N) is 3. The van der Waals surface area contributed by atoms with Crippen LogP contribution in [0.5, 0.6) is 0 Å². The van der Waals surface area contributed by atoms with E-state index < -0.39 is 20.8 Å². The van der Waals surface area contributed by atoms with Gasteiger partial charge in [0, 0.05) is 42.2 Å². The molecule has 0 saturated carbocycles. The van der Waals surface area contributed by atoms with Crippen molar-refractivity contribution in [3.05, 3.63) is 167 Å². The number of imidazole rings is 1. The molecule has 10 aromatic rings. The van der Waals surface area contributed by atoms with Crippen LogP contribution in [0.1, 0.15) is 112 Å². The van der Waals surface area contributed by atoms with Crippen LogP contribution in [-0.2, 0) is 20.1 Å². The molecule has 0 bridgehead atoms. The molecule has 0 saturated heterocycles. The van der Waals surface area contributed by atoms with Crippen molar-refractivity contribution in [3.8, 4) is 28.3 Å². The van der Waals surface area contributed by atoms with E-state index in [-0.39, 0.29) is 20.1 Å². The maximum atomic E-state index is 9.25. The van der Waals surface area contributed by atoms with Gasteiger partial charge < -0.3 is 9.55 Å². The summed E-state index contributed by atoms with van der Waals surface area (Å²) >= 11 is 1.81. The molecule has 337 valence electrons. The zero-order chi connectivity index (χ0) is 49.3. The molecule has 3 heterocycles. The summed E-state index contributed by atoms with van der Waals surface area (Å²) < 4.78 is 36.1. The van der Waals surface area contributed by atoms with Crippen molar-refractivity contribution in [1.82, 2.24) is 14.5 Å². The maximum Gasteiger partial charge on any atom is 0.0795 e. The number of benzene rings is 7. The molecule has 0 fully saturated rings. The SMILES string of the molecule is [2H]C(C)(C)c1c[c-]c(-c2nc3ccccc3n2-c2c(C(C)C)cc(C(C)C)cc2C(C)C)c2sc3cc4c(ccc5ccccc54)cc3c12.[2H]C([2H])([2H])c1c[c-]c(-c2ccc([Si](C)(C)C)cn2)cc1.[Ir]. The molecule has 6 heteroatoms. The number of thiophene rings is 1.